The third-order valence-corrected chi connectivity index (χ3v) is 12.0. The Morgan fingerprint density at radius 3 is 1.51 bits per heavy atom. The molecule has 4 nitrogen and oxygen atoms in total. The van der Waals surface area contributed by atoms with Crippen molar-refractivity contribution in [1.82, 2.24) is 0 Å². The number of anilines is 1. The monoisotopic (exact) mass is 795 g/mol. The molecule has 4 aromatic rings. The third-order valence-electron chi connectivity index (χ3n) is 8.06. The van der Waals surface area contributed by atoms with E-state index < -0.39 is 18.0 Å². The number of para-hydroxylation sites is 1. The van der Waals surface area contributed by atoms with Crippen molar-refractivity contribution in [3.63, 3.8) is 0 Å². The van der Waals surface area contributed by atoms with Crippen LogP contribution in [0.4, 0.5) is 5.69 Å². The van der Waals surface area contributed by atoms with Crippen LogP contribution < -0.4 is 11.0 Å². The van der Waals surface area contributed by atoms with E-state index >= 15 is 0 Å². The Balaban J connectivity index is 0.000000517. The van der Waals surface area contributed by atoms with Gasteiger partial charge < -0.3 is 5.73 Å². The molecule has 0 heterocycles. The summed E-state index contributed by atoms with van der Waals surface area (Å²) in [5.74, 6) is 1.56. The molecule has 0 aliphatic heterocycles. The summed E-state index contributed by atoms with van der Waals surface area (Å²) in [7, 11) is -4.51. The summed E-state index contributed by atoms with van der Waals surface area (Å²) in [6.45, 7) is 28.7. The molecule has 0 saturated heterocycles. The fourth-order valence-corrected chi connectivity index (χ4v) is 11.0. The van der Waals surface area contributed by atoms with E-state index in [1.165, 1.54) is 27.8 Å². The Bertz CT molecular complexity index is 1670. The zero-order valence-electron chi connectivity index (χ0n) is 31.9. The number of nitrogen functional groups attached to an aromatic ring is 1. The van der Waals surface area contributed by atoms with E-state index in [1.807, 2.05) is 48.5 Å². The zero-order chi connectivity index (χ0) is 36.6. The van der Waals surface area contributed by atoms with E-state index in [1.54, 1.807) is 5.30 Å². The maximum atomic E-state index is 9.19. The molecular weight excluding hydrogens is 736 g/mol. The summed E-state index contributed by atoms with van der Waals surface area (Å²) >= 11 is 0. The first-order chi connectivity index (χ1) is 22.0. The summed E-state index contributed by atoms with van der Waals surface area (Å²) < 4.78 is 25.9. The van der Waals surface area contributed by atoms with Crippen molar-refractivity contribution in [1.29, 1.82) is 0 Å². The van der Waals surface area contributed by atoms with E-state index in [9.17, 15) is 8.42 Å². The van der Waals surface area contributed by atoms with Gasteiger partial charge in [0.15, 0.2) is 0 Å². The molecular formula is C42H60NO3PPdS. The first-order valence-corrected chi connectivity index (χ1v) is 20.3. The quantitative estimate of drug-likeness (QED) is 0.0670. The van der Waals surface area contributed by atoms with Crippen LogP contribution in [0.2, 0.25) is 0 Å². The van der Waals surface area contributed by atoms with Crippen LogP contribution in [0.3, 0.4) is 0 Å². The smallest absolute Gasteiger partial charge is 0.261 e. The Morgan fingerprint density at radius 1 is 0.694 bits per heavy atom. The van der Waals surface area contributed by atoms with Gasteiger partial charge in [-0.15, -0.1) is 35.9 Å². The minimum absolute atomic E-state index is 0. The molecule has 0 aliphatic rings. The molecule has 4 rings (SSSR count). The second-order valence-corrected chi connectivity index (χ2v) is 21.3. The molecule has 0 fully saturated rings. The molecule has 4 aromatic carbocycles. The van der Waals surface area contributed by atoms with Crippen molar-refractivity contribution in [2.24, 2.45) is 0 Å². The number of benzene rings is 4. The second kappa shape index (κ2) is 18.8. The third kappa shape index (κ3) is 13.7. The van der Waals surface area contributed by atoms with Crippen LogP contribution in [0.25, 0.3) is 22.3 Å². The molecule has 0 saturated carbocycles. The maximum Gasteiger partial charge on any atom is 0.261 e. The molecule has 272 valence electrons. The van der Waals surface area contributed by atoms with Crippen molar-refractivity contribution in [3.05, 3.63) is 108 Å². The first-order valence-electron chi connectivity index (χ1n) is 16.9. The summed E-state index contributed by atoms with van der Waals surface area (Å²) in [4.78, 5) is 0. The number of nitrogens with two attached hydrogens (primary N) is 1. The number of rotatable bonds is 6. The van der Waals surface area contributed by atoms with Gasteiger partial charge in [-0.1, -0.05) is 95.6 Å². The summed E-state index contributed by atoms with van der Waals surface area (Å²) in [5.41, 5.74) is 16.2. The van der Waals surface area contributed by atoms with Gasteiger partial charge >= 0.3 is 0 Å². The molecule has 7 heteroatoms. The van der Waals surface area contributed by atoms with Crippen LogP contribution in [-0.2, 0) is 30.5 Å². The molecule has 0 bridgehead atoms. The fraction of sp³-hybridized carbons (Fsp3) is 0.429. The first kappa shape index (κ1) is 44.7. The van der Waals surface area contributed by atoms with Crippen molar-refractivity contribution < 1.29 is 33.4 Å². The molecule has 0 aromatic heterocycles. The Kier molecular flexibility index (Phi) is 17.1. The van der Waals surface area contributed by atoms with Crippen LogP contribution in [0.5, 0.6) is 0 Å². The van der Waals surface area contributed by atoms with Gasteiger partial charge in [-0.05, 0) is 99.4 Å². The van der Waals surface area contributed by atoms with E-state index in [2.05, 4.69) is 126 Å². The average molecular weight is 796 g/mol. The van der Waals surface area contributed by atoms with Gasteiger partial charge in [-0.2, -0.15) is 8.42 Å². The van der Waals surface area contributed by atoms with Crippen LogP contribution in [0.15, 0.2) is 84.9 Å². The Labute approximate surface area is 313 Å². The Hall–Kier alpha value is -2.32. The Morgan fingerprint density at radius 2 is 1.12 bits per heavy atom. The standard InChI is InChI=1S/C29H45P.C12H10N.CH4O3S.Pd/c1-19(2)22-17-24(20(3)4)27(25(18-22)21(5)6)23-15-13-14-16-26(23)30(28(7,8)9)29(10,11)12;13-12-9-5-4-8-11(12)10-6-2-1-3-7-10;1-5(2,3)4;/h13-21H,1-12H3;1-6,8-9H,13H2;1H3,(H,2,3,4);/q;-1;;/p+1. The van der Waals surface area contributed by atoms with Crippen LogP contribution in [0, 0.1) is 6.07 Å². The normalized spacial score (nSPS) is 11.9. The van der Waals surface area contributed by atoms with Gasteiger partial charge in [0.2, 0.25) is 0 Å². The van der Waals surface area contributed by atoms with Crippen molar-refractivity contribution in [3.8, 4) is 22.3 Å². The largest absolute Gasteiger partial charge is 0.406 e. The van der Waals surface area contributed by atoms with E-state index in [0.29, 0.717) is 24.0 Å². The topological polar surface area (TPSA) is 80.4 Å². The SMILES string of the molecule is CC(C)c1cc(C(C)C)c(-c2ccccc2[PH+](C(C)(C)C)C(C)(C)C)c(C(C)C)c1.CS(=O)(=O)O.Nc1ccccc1-c1[c-]cccc1.[Pd]. The molecule has 0 radical (unpaired) electrons. The van der Waals surface area contributed by atoms with Crippen LogP contribution in [-0.4, -0.2) is 29.5 Å². The fourth-order valence-electron chi connectivity index (χ4n) is 6.42. The number of hydrogen-bond acceptors (Lipinski definition) is 3. The van der Waals surface area contributed by atoms with Gasteiger partial charge in [0, 0.05) is 33.9 Å². The minimum atomic E-state index is -3.67. The summed E-state index contributed by atoms with van der Waals surface area (Å²) in [5, 5.41) is 2.17. The molecule has 0 unspecified atom stereocenters. The second-order valence-electron chi connectivity index (χ2n) is 15.6. The van der Waals surface area contributed by atoms with Crippen molar-refractivity contribution in [2.75, 3.05) is 12.0 Å². The van der Waals surface area contributed by atoms with Gasteiger partial charge in [0.05, 0.1) is 16.6 Å². The van der Waals surface area contributed by atoms with Crippen LogP contribution in [0.1, 0.15) is 118 Å². The van der Waals surface area contributed by atoms with Gasteiger partial charge in [0.1, 0.15) is 5.30 Å². The molecule has 0 amide bonds. The van der Waals surface area contributed by atoms with Gasteiger partial charge in [-0.25, -0.2) is 0 Å². The zero-order valence-corrected chi connectivity index (χ0v) is 35.3. The summed E-state index contributed by atoms with van der Waals surface area (Å²) in [6.07, 6.45) is 0.715. The van der Waals surface area contributed by atoms with E-state index in [-0.39, 0.29) is 30.7 Å². The van der Waals surface area contributed by atoms with Crippen molar-refractivity contribution >= 4 is 29.0 Å². The molecule has 0 aliphatic carbocycles. The van der Waals surface area contributed by atoms with E-state index in [4.69, 9.17) is 10.3 Å². The summed E-state index contributed by atoms with van der Waals surface area (Å²) in [6, 6.07) is 33.1. The van der Waals surface area contributed by atoms with Crippen LogP contribution >= 0.6 is 7.92 Å². The molecule has 0 spiro atoms. The van der Waals surface area contributed by atoms with Crippen molar-refractivity contribution in [2.45, 2.75) is 111 Å². The molecule has 3 N–H and O–H groups in total. The predicted octanol–water partition coefficient (Wildman–Crippen LogP) is 11.4. The molecule has 49 heavy (non-hydrogen) atoms. The predicted molar refractivity (Wildman–Crippen MR) is 214 cm³/mol. The van der Waals surface area contributed by atoms with E-state index in [0.717, 1.165) is 16.8 Å². The van der Waals surface area contributed by atoms with Gasteiger partial charge in [0.25, 0.3) is 10.1 Å². The minimum Gasteiger partial charge on any atom is -0.406 e. The average Bonchev–Trinajstić information content (AvgIpc) is 2.95. The van der Waals surface area contributed by atoms with Gasteiger partial charge in [-0.3, -0.25) is 4.55 Å². The maximum absolute atomic E-state index is 9.19. The molecule has 0 atom stereocenters. The number of hydrogen-bond donors (Lipinski definition) is 2.